The van der Waals surface area contributed by atoms with E-state index in [0.29, 0.717) is 5.56 Å². The van der Waals surface area contributed by atoms with E-state index in [4.69, 9.17) is 4.74 Å². The molecule has 0 saturated carbocycles. The maximum Gasteiger partial charge on any atom is 0.410 e. The number of pyridine rings is 2. The summed E-state index contributed by atoms with van der Waals surface area (Å²) in [6, 6.07) is 9.05. The molecule has 5 nitrogen and oxygen atoms in total. The first-order valence-electron chi connectivity index (χ1n) is 8.98. The molecule has 0 aliphatic heterocycles. The Kier molecular flexibility index (Phi) is 6.54. The summed E-state index contributed by atoms with van der Waals surface area (Å²) in [6.45, 7) is 5.93. The van der Waals surface area contributed by atoms with Crippen LogP contribution < -0.4 is 0 Å². The van der Waals surface area contributed by atoms with Crippen molar-refractivity contribution in [3.8, 4) is 11.1 Å². The maximum absolute atomic E-state index is 14.3. The lowest BCUT2D eigenvalue weighted by molar-refractivity contribution is 0.0767. The van der Waals surface area contributed by atoms with Gasteiger partial charge in [0.1, 0.15) is 6.61 Å². The van der Waals surface area contributed by atoms with Gasteiger partial charge in [0.15, 0.2) is 0 Å². The monoisotopic (exact) mass is 431 g/mol. The van der Waals surface area contributed by atoms with Crippen LogP contribution in [0.1, 0.15) is 25.6 Å². The number of hydrogen-bond acceptors (Lipinski definition) is 6. The molecule has 0 radical (unpaired) electrons. The number of ether oxygens (including phenoxy) is 1. The van der Waals surface area contributed by atoms with E-state index in [-0.39, 0.29) is 12.1 Å². The molecule has 0 unspecified atom stereocenters. The molecule has 152 valence electrons. The number of rotatable bonds is 5. The predicted octanol–water partition coefficient (Wildman–Crippen LogP) is 5.86. The molecule has 0 saturated heterocycles. The number of nitrogens with zero attached hydrogens (tertiary/aromatic N) is 3. The van der Waals surface area contributed by atoms with Gasteiger partial charge in [-0.05, 0) is 51.1 Å². The second-order valence-corrected chi connectivity index (χ2v) is 9.80. The van der Waals surface area contributed by atoms with Crippen LogP contribution in [0.3, 0.4) is 0 Å². The fourth-order valence-corrected chi connectivity index (χ4v) is 4.70. The molecule has 0 aliphatic rings. The molecule has 0 fully saturated rings. The third kappa shape index (κ3) is 5.33. The van der Waals surface area contributed by atoms with Crippen molar-refractivity contribution in [1.29, 1.82) is 0 Å². The van der Waals surface area contributed by atoms with Crippen LogP contribution in [-0.4, -0.2) is 33.5 Å². The van der Waals surface area contributed by atoms with Gasteiger partial charge in [0.2, 0.25) is 5.95 Å². The van der Waals surface area contributed by atoms with E-state index < -0.39 is 12.0 Å². The van der Waals surface area contributed by atoms with Gasteiger partial charge < -0.3 is 9.64 Å². The zero-order chi connectivity index (χ0) is 21.0. The zero-order valence-electron chi connectivity index (χ0n) is 16.7. The SMILES string of the molecule is CN(C(=O)OCc1cc(-c2cccnc2F)c(Sc2ccncc2)s1)C(C)(C)C. The minimum absolute atomic E-state index is 0.121. The highest BCUT2D eigenvalue weighted by Crippen LogP contribution is 2.42. The molecule has 0 N–H and O–H groups in total. The van der Waals surface area contributed by atoms with E-state index in [0.717, 1.165) is 19.5 Å². The van der Waals surface area contributed by atoms with E-state index >= 15 is 0 Å². The molecule has 3 rings (SSSR count). The number of amides is 1. The first-order valence-corrected chi connectivity index (χ1v) is 10.6. The van der Waals surface area contributed by atoms with E-state index in [1.165, 1.54) is 29.3 Å². The van der Waals surface area contributed by atoms with Crippen molar-refractivity contribution < 1.29 is 13.9 Å². The van der Waals surface area contributed by atoms with Gasteiger partial charge in [-0.1, -0.05) is 11.8 Å². The Labute approximate surface area is 178 Å². The number of halogens is 1. The Morgan fingerprint density at radius 1 is 1.21 bits per heavy atom. The van der Waals surface area contributed by atoms with Crippen molar-refractivity contribution in [2.45, 2.75) is 42.0 Å². The molecule has 8 heteroatoms. The Morgan fingerprint density at radius 2 is 1.93 bits per heavy atom. The smallest absolute Gasteiger partial charge is 0.410 e. The molecular weight excluding hydrogens is 409 g/mol. The summed E-state index contributed by atoms with van der Waals surface area (Å²) in [6.07, 6.45) is 4.45. The lowest BCUT2D eigenvalue weighted by Gasteiger charge is -2.30. The third-order valence-electron chi connectivity index (χ3n) is 4.28. The number of carbonyl (C=O) groups is 1. The molecule has 0 bridgehead atoms. The molecular formula is C21H22FN3O2S2. The molecule has 29 heavy (non-hydrogen) atoms. The first kappa shape index (κ1) is 21.3. The first-order chi connectivity index (χ1) is 13.8. The summed E-state index contributed by atoms with van der Waals surface area (Å²) >= 11 is 2.99. The minimum Gasteiger partial charge on any atom is -0.444 e. The van der Waals surface area contributed by atoms with Gasteiger partial charge in [-0.3, -0.25) is 4.98 Å². The summed E-state index contributed by atoms with van der Waals surface area (Å²) in [5.74, 6) is -0.530. The van der Waals surface area contributed by atoms with Crippen LogP contribution in [0.5, 0.6) is 0 Å². The second kappa shape index (κ2) is 8.92. The molecule has 0 atom stereocenters. The maximum atomic E-state index is 14.3. The van der Waals surface area contributed by atoms with Crippen molar-refractivity contribution in [3.63, 3.8) is 0 Å². The highest BCUT2D eigenvalue weighted by atomic mass is 32.2. The minimum atomic E-state index is -0.530. The summed E-state index contributed by atoms with van der Waals surface area (Å²) in [5, 5.41) is 0. The van der Waals surface area contributed by atoms with E-state index in [2.05, 4.69) is 9.97 Å². The van der Waals surface area contributed by atoms with Gasteiger partial charge in [-0.15, -0.1) is 11.3 Å². The highest BCUT2D eigenvalue weighted by Gasteiger charge is 2.24. The van der Waals surface area contributed by atoms with Gasteiger partial charge in [0.05, 0.1) is 4.21 Å². The topological polar surface area (TPSA) is 55.3 Å². The van der Waals surface area contributed by atoms with Crippen LogP contribution in [0.2, 0.25) is 0 Å². The molecule has 3 heterocycles. The normalized spacial score (nSPS) is 11.3. The average Bonchev–Trinajstić information content (AvgIpc) is 3.08. The van der Waals surface area contributed by atoms with Crippen molar-refractivity contribution >= 4 is 29.2 Å². The quantitative estimate of drug-likeness (QED) is 0.474. The summed E-state index contributed by atoms with van der Waals surface area (Å²) in [4.78, 5) is 23.5. The number of hydrogen-bond donors (Lipinski definition) is 0. The fourth-order valence-electron chi connectivity index (χ4n) is 2.36. The van der Waals surface area contributed by atoms with Gasteiger partial charge >= 0.3 is 6.09 Å². The molecule has 3 aromatic rings. The van der Waals surface area contributed by atoms with Crippen molar-refractivity contribution in [2.24, 2.45) is 0 Å². The van der Waals surface area contributed by atoms with Crippen LogP contribution in [0.4, 0.5) is 9.18 Å². The molecule has 0 spiro atoms. The van der Waals surface area contributed by atoms with Crippen molar-refractivity contribution in [2.75, 3.05) is 7.05 Å². The molecule has 1 amide bonds. The van der Waals surface area contributed by atoms with Crippen LogP contribution in [-0.2, 0) is 11.3 Å². The lowest BCUT2D eigenvalue weighted by atomic mass is 10.1. The highest BCUT2D eigenvalue weighted by molar-refractivity contribution is 8.01. The Hall–Kier alpha value is -2.45. The van der Waals surface area contributed by atoms with Crippen molar-refractivity contribution in [3.05, 3.63) is 59.7 Å². The summed E-state index contributed by atoms with van der Waals surface area (Å²) in [7, 11) is 1.71. The van der Waals surface area contributed by atoms with Gasteiger partial charge in [0.25, 0.3) is 0 Å². The van der Waals surface area contributed by atoms with Gasteiger partial charge in [-0.2, -0.15) is 4.39 Å². The predicted molar refractivity (Wildman–Crippen MR) is 114 cm³/mol. The Balaban J connectivity index is 1.86. The average molecular weight is 432 g/mol. The van der Waals surface area contributed by atoms with Crippen LogP contribution >= 0.6 is 23.1 Å². The standard InChI is InChI=1S/C21H22FN3O2S2/c1-21(2,3)25(4)20(26)27-13-15-12-17(16-6-5-9-24-18(16)22)19(29-15)28-14-7-10-23-11-8-14/h5-12H,13H2,1-4H3. The zero-order valence-corrected chi connectivity index (χ0v) is 18.3. The third-order valence-corrected chi connectivity index (χ3v) is 6.59. The Bertz CT molecular complexity index is 987. The van der Waals surface area contributed by atoms with E-state index in [1.807, 2.05) is 39.0 Å². The summed E-state index contributed by atoms with van der Waals surface area (Å²) in [5.41, 5.74) is 0.820. The Morgan fingerprint density at radius 3 is 2.59 bits per heavy atom. The van der Waals surface area contributed by atoms with Crippen LogP contribution in [0, 0.1) is 5.95 Å². The van der Waals surface area contributed by atoms with Crippen LogP contribution in [0.25, 0.3) is 11.1 Å². The number of carbonyl (C=O) groups excluding carboxylic acids is 1. The second-order valence-electron chi connectivity index (χ2n) is 7.33. The largest absolute Gasteiger partial charge is 0.444 e. The fraction of sp³-hybridized carbons (Fsp3) is 0.286. The van der Waals surface area contributed by atoms with Gasteiger partial charge in [0, 0.05) is 52.1 Å². The molecule has 0 aliphatic carbocycles. The molecule has 0 aromatic carbocycles. The number of aromatic nitrogens is 2. The number of thiophene rings is 1. The van der Waals surface area contributed by atoms with E-state index in [1.54, 1.807) is 36.5 Å². The van der Waals surface area contributed by atoms with Crippen molar-refractivity contribution in [1.82, 2.24) is 14.9 Å². The lowest BCUT2D eigenvalue weighted by Crippen LogP contribution is -2.42. The summed E-state index contributed by atoms with van der Waals surface area (Å²) < 4.78 is 20.7. The van der Waals surface area contributed by atoms with Crippen LogP contribution in [0.15, 0.2) is 58.0 Å². The van der Waals surface area contributed by atoms with Gasteiger partial charge in [-0.25, -0.2) is 9.78 Å². The van der Waals surface area contributed by atoms with E-state index in [9.17, 15) is 9.18 Å². The molecule has 3 aromatic heterocycles.